The first kappa shape index (κ1) is 14.7. The van der Waals surface area contributed by atoms with Gasteiger partial charge in [-0.05, 0) is 56.9 Å². The fourth-order valence-corrected chi connectivity index (χ4v) is 4.52. The van der Waals surface area contributed by atoms with Crippen LogP contribution in [0.25, 0.3) is 0 Å². The van der Waals surface area contributed by atoms with Gasteiger partial charge in [0, 0.05) is 29.5 Å². The van der Waals surface area contributed by atoms with Crippen molar-refractivity contribution in [3.63, 3.8) is 0 Å². The Kier molecular flexibility index (Phi) is 4.14. The second-order valence-corrected chi connectivity index (χ2v) is 7.35. The van der Waals surface area contributed by atoms with E-state index in [0.717, 1.165) is 12.1 Å². The minimum Gasteiger partial charge on any atom is -0.382 e. The van der Waals surface area contributed by atoms with Gasteiger partial charge in [0.15, 0.2) is 0 Å². The summed E-state index contributed by atoms with van der Waals surface area (Å²) in [7, 11) is 0. The van der Waals surface area contributed by atoms with Gasteiger partial charge in [0.25, 0.3) is 0 Å². The maximum Gasteiger partial charge on any atom is 0.0333 e. The van der Waals surface area contributed by atoms with Crippen molar-refractivity contribution in [3.8, 4) is 0 Å². The Balaban J connectivity index is 1.67. The summed E-state index contributed by atoms with van der Waals surface area (Å²) in [6, 6.07) is 2.08. The van der Waals surface area contributed by atoms with Gasteiger partial charge in [0.1, 0.15) is 0 Å². The topological polar surface area (TPSA) is 15.3 Å². The highest BCUT2D eigenvalue weighted by molar-refractivity contribution is 5.34. The van der Waals surface area contributed by atoms with E-state index >= 15 is 0 Å². The van der Waals surface area contributed by atoms with Crippen LogP contribution in [0.2, 0.25) is 0 Å². The van der Waals surface area contributed by atoms with Crippen LogP contribution in [-0.2, 0) is 0 Å². The Morgan fingerprint density at radius 1 is 1.19 bits per heavy atom. The first-order valence-electron chi connectivity index (χ1n) is 8.67. The van der Waals surface area contributed by atoms with Gasteiger partial charge in [-0.15, -0.1) is 0 Å². The van der Waals surface area contributed by atoms with E-state index in [0.29, 0.717) is 12.0 Å². The summed E-state index contributed by atoms with van der Waals surface area (Å²) in [5.41, 5.74) is 4.21. The smallest absolute Gasteiger partial charge is 0.0333 e. The van der Waals surface area contributed by atoms with E-state index in [4.69, 9.17) is 0 Å². The molecule has 0 saturated carbocycles. The number of rotatable bonds is 4. The molecule has 3 rings (SSSR count). The van der Waals surface area contributed by atoms with Crippen molar-refractivity contribution >= 4 is 0 Å². The highest BCUT2D eigenvalue weighted by Crippen LogP contribution is 2.38. The van der Waals surface area contributed by atoms with Gasteiger partial charge in [-0.1, -0.05) is 32.6 Å². The van der Waals surface area contributed by atoms with E-state index in [9.17, 15) is 0 Å². The summed E-state index contributed by atoms with van der Waals surface area (Å²) in [5, 5.41) is 3.89. The van der Waals surface area contributed by atoms with E-state index in [1.165, 1.54) is 55.5 Å². The lowest BCUT2D eigenvalue weighted by Gasteiger charge is -2.42. The third kappa shape index (κ3) is 2.90. The Bertz CT molecular complexity index is 458. The van der Waals surface area contributed by atoms with Gasteiger partial charge < -0.3 is 10.2 Å². The predicted molar refractivity (Wildman–Crippen MR) is 89.9 cm³/mol. The maximum atomic E-state index is 4.18. The molecule has 0 radical (unpaired) electrons. The molecule has 2 heteroatoms. The molecule has 2 nitrogen and oxygen atoms in total. The summed E-state index contributed by atoms with van der Waals surface area (Å²) >= 11 is 0. The minimum absolute atomic E-state index is 0.622. The summed E-state index contributed by atoms with van der Waals surface area (Å²) in [5.74, 6) is 0.622. The van der Waals surface area contributed by atoms with Crippen molar-refractivity contribution in [2.24, 2.45) is 5.92 Å². The van der Waals surface area contributed by atoms with Crippen molar-refractivity contribution in [1.29, 1.82) is 0 Å². The lowest BCUT2D eigenvalue weighted by molar-refractivity contribution is 0.162. The van der Waals surface area contributed by atoms with E-state index in [-0.39, 0.29) is 0 Å². The Morgan fingerprint density at radius 2 is 1.81 bits per heavy atom. The van der Waals surface area contributed by atoms with Crippen LogP contribution in [0.4, 0.5) is 0 Å². The molecule has 0 aromatic heterocycles. The number of hydrogen-bond acceptors (Lipinski definition) is 2. The number of hydrogen-bond donors (Lipinski definition) is 1. The van der Waals surface area contributed by atoms with E-state index < -0.39 is 0 Å². The van der Waals surface area contributed by atoms with Crippen LogP contribution in [-0.4, -0.2) is 23.0 Å². The van der Waals surface area contributed by atoms with Gasteiger partial charge in [-0.3, -0.25) is 0 Å². The molecule has 0 amide bonds. The van der Waals surface area contributed by atoms with Crippen LogP contribution in [0, 0.1) is 5.92 Å². The predicted octanol–water partition coefficient (Wildman–Crippen LogP) is 4.37. The second-order valence-electron chi connectivity index (χ2n) is 7.35. The quantitative estimate of drug-likeness (QED) is 0.826. The molecule has 2 heterocycles. The van der Waals surface area contributed by atoms with Crippen LogP contribution in [0.1, 0.15) is 59.3 Å². The molecule has 2 fully saturated rings. The van der Waals surface area contributed by atoms with Crippen LogP contribution in [0.3, 0.4) is 0 Å². The zero-order chi connectivity index (χ0) is 15.0. The molecule has 2 unspecified atom stereocenters. The molecule has 3 aliphatic rings. The SMILES string of the molecule is C=C(C)N1C2CCC1CC(NC1=CCCC=C1C(C)C)C2. The summed E-state index contributed by atoms with van der Waals surface area (Å²) < 4.78 is 0. The molecule has 2 saturated heterocycles. The number of allylic oxidation sites excluding steroid dienone is 4. The van der Waals surface area contributed by atoms with Gasteiger partial charge in [0.2, 0.25) is 0 Å². The third-order valence-corrected chi connectivity index (χ3v) is 5.35. The average Bonchev–Trinajstić information content (AvgIpc) is 2.71. The molecule has 0 spiro atoms. The molecule has 21 heavy (non-hydrogen) atoms. The average molecular weight is 286 g/mol. The standard InChI is InChI=1S/C19H30N2/c1-13(2)18-7-5-6-8-19(18)20-15-11-16-9-10-17(12-15)21(16)14(3)4/h7-8,13,15-17,20H,3,5-6,9-12H2,1-2,4H3. The molecular formula is C19H30N2. The van der Waals surface area contributed by atoms with Crippen molar-refractivity contribution < 1.29 is 0 Å². The Labute approximate surface area is 130 Å². The van der Waals surface area contributed by atoms with E-state index in [1.54, 1.807) is 0 Å². The second kappa shape index (κ2) is 5.90. The molecule has 0 aromatic rings. The van der Waals surface area contributed by atoms with Crippen molar-refractivity contribution in [3.05, 3.63) is 35.7 Å². The first-order valence-corrected chi connectivity index (χ1v) is 8.67. The molecule has 0 aromatic carbocycles. The van der Waals surface area contributed by atoms with E-state index in [2.05, 4.69) is 49.7 Å². The lowest BCUT2D eigenvalue weighted by Crippen LogP contribution is -2.48. The lowest BCUT2D eigenvalue weighted by atomic mass is 9.91. The summed E-state index contributed by atoms with van der Waals surface area (Å²) in [6.45, 7) is 11.0. The normalized spacial score (nSPS) is 32.0. The minimum atomic E-state index is 0.622. The Morgan fingerprint density at radius 3 is 2.38 bits per heavy atom. The molecule has 2 aliphatic heterocycles. The van der Waals surface area contributed by atoms with Crippen LogP contribution >= 0.6 is 0 Å². The van der Waals surface area contributed by atoms with Crippen LogP contribution in [0.15, 0.2) is 35.7 Å². The summed E-state index contributed by atoms with van der Waals surface area (Å²) in [6.07, 6.45) is 12.5. The Hall–Kier alpha value is -1.18. The third-order valence-electron chi connectivity index (χ3n) is 5.35. The molecule has 2 bridgehead atoms. The van der Waals surface area contributed by atoms with Gasteiger partial charge in [0.05, 0.1) is 0 Å². The molecular weight excluding hydrogens is 256 g/mol. The molecule has 1 aliphatic carbocycles. The van der Waals surface area contributed by atoms with Crippen molar-refractivity contribution in [2.45, 2.75) is 77.4 Å². The van der Waals surface area contributed by atoms with E-state index in [1.807, 2.05) is 0 Å². The fourth-order valence-electron chi connectivity index (χ4n) is 4.52. The fraction of sp³-hybridized carbons (Fsp3) is 0.684. The molecule has 1 N–H and O–H groups in total. The highest BCUT2D eigenvalue weighted by atomic mass is 15.2. The number of nitrogens with one attached hydrogen (secondary N) is 1. The van der Waals surface area contributed by atoms with Crippen molar-refractivity contribution in [1.82, 2.24) is 10.2 Å². The van der Waals surface area contributed by atoms with Gasteiger partial charge in [-0.2, -0.15) is 0 Å². The zero-order valence-corrected chi connectivity index (χ0v) is 13.9. The highest BCUT2D eigenvalue weighted by Gasteiger charge is 2.40. The van der Waals surface area contributed by atoms with Crippen LogP contribution < -0.4 is 5.32 Å². The molecule has 2 atom stereocenters. The zero-order valence-electron chi connectivity index (χ0n) is 13.9. The van der Waals surface area contributed by atoms with Gasteiger partial charge in [-0.25, -0.2) is 0 Å². The maximum absolute atomic E-state index is 4.18. The first-order chi connectivity index (χ1) is 10.1. The molecule has 116 valence electrons. The monoisotopic (exact) mass is 286 g/mol. The van der Waals surface area contributed by atoms with Gasteiger partial charge >= 0.3 is 0 Å². The number of fused-ring (bicyclic) bond motifs is 2. The number of piperidine rings is 1. The van der Waals surface area contributed by atoms with Crippen LogP contribution in [0.5, 0.6) is 0 Å². The number of nitrogens with zero attached hydrogens (tertiary/aromatic N) is 1. The largest absolute Gasteiger partial charge is 0.382 e. The van der Waals surface area contributed by atoms with Crippen molar-refractivity contribution in [2.75, 3.05) is 0 Å². The summed E-state index contributed by atoms with van der Waals surface area (Å²) in [4.78, 5) is 2.59.